The Hall–Kier alpha value is -1.56. The summed E-state index contributed by atoms with van der Waals surface area (Å²) in [6, 6.07) is 5.28. The SMILES string of the molecule is CN=C(NCCNC(=O)c1ccc(C(F)(F)F)cc1)NC1CCN(C2CCCC2)C1.I. The summed E-state index contributed by atoms with van der Waals surface area (Å²) < 4.78 is 37.8. The fourth-order valence-corrected chi connectivity index (χ4v) is 4.16. The zero-order valence-corrected chi connectivity index (χ0v) is 20.0. The molecule has 2 fully saturated rings. The lowest BCUT2D eigenvalue weighted by Crippen LogP contribution is -2.47. The van der Waals surface area contributed by atoms with E-state index in [0.717, 1.165) is 37.7 Å². The van der Waals surface area contributed by atoms with Crippen LogP contribution in [0.25, 0.3) is 0 Å². The van der Waals surface area contributed by atoms with Gasteiger partial charge in [-0.1, -0.05) is 12.8 Å². The van der Waals surface area contributed by atoms with Crippen LogP contribution in [0.2, 0.25) is 0 Å². The average molecular weight is 553 g/mol. The Bertz CT molecular complexity index is 736. The highest BCUT2D eigenvalue weighted by molar-refractivity contribution is 14.0. The molecule has 6 nitrogen and oxygen atoms in total. The molecule has 1 unspecified atom stereocenters. The standard InChI is InChI=1S/C21H30F3N5O.HI/c1-25-20(28-17-10-13-29(14-17)18-4-2-3-5-18)27-12-11-26-19(30)15-6-8-16(9-7-15)21(22,23)24;/h6-9,17-18H,2-5,10-14H2,1H3,(H,26,30)(H2,25,27,28);1H. The smallest absolute Gasteiger partial charge is 0.355 e. The predicted molar refractivity (Wildman–Crippen MR) is 126 cm³/mol. The third kappa shape index (κ3) is 7.51. The molecule has 0 spiro atoms. The highest BCUT2D eigenvalue weighted by atomic mass is 127. The molecule has 0 radical (unpaired) electrons. The van der Waals surface area contributed by atoms with Gasteiger partial charge in [0, 0.05) is 50.9 Å². The minimum atomic E-state index is -4.41. The van der Waals surface area contributed by atoms with Crippen LogP contribution >= 0.6 is 24.0 Å². The molecule has 174 valence electrons. The number of hydrogen-bond acceptors (Lipinski definition) is 3. The number of rotatable bonds is 6. The fourth-order valence-electron chi connectivity index (χ4n) is 4.16. The monoisotopic (exact) mass is 553 g/mol. The second-order valence-electron chi connectivity index (χ2n) is 7.89. The van der Waals surface area contributed by atoms with Gasteiger partial charge in [-0.25, -0.2) is 0 Å². The molecule has 1 atom stereocenters. The van der Waals surface area contributed by atoms with Gasteiger partial charge in [-0.3, -0.25) is 14.7 Å². The quantitative estimate of drug-likeness (QED) is 0.219. The molecule has 2 aliphatic rings. The zero-order chi connectivity index (χ0) is 21.6. The van der Waals surface area contributed by atoms with Crippen molar-refractivity contribution in [2.75, 3.05) is 33.2 Å². The number of carbonyl (C=O) groups is 1. The number of benzene rings is 1. The molecule has 1 aromatic carbocycles. The number of alkyl halides is 3. The molecule has 1 aromatic rings. The largest absolute Gasteiger partial charge is 0.416 e. The molecule has 0 bridgehead atoms. The summed E-state index contributed by atoms with van der Waals surface area (Å²) in [6.07, 6.45) is 1.95. The average Bonchev–Trinajstić information content (AvgIpc) is 3.41. The van der Waals surface area contributed by atoms with Crippen LogP contribution < -0.4 is 16.0 Å². The van der Waals surface area contributed by atoms with Crippen LogP contribution in [-0.4, -0.2) is 62.1 Å². The molecule has 10 heteroatoms. The lowest BCUT2D eigenvalue weighted by Gasteiger charge is -2.24. The van der Waals surface area contributed by atoms with Crippen molar-refractivity contribution in [3.63, 3.8) is 0 Å². The van der Waals surface area contributed by atoms with Gasteiger partial charge in [0.25, 0.3) is 5.91 Å². The third-order valence-corrected chi connectivity index (χ3v) is 5.80. The van der Waals surface area contributed by atoms with Crippen molar-refractivity contribution in [3.05, 3.63) is 35.4 Å². The van der Waals surface area contributed by atoms with Crippen LogP contribution in [0.1, 0.15) is 48.0 Å². The van der Waals surface area contributed by atoms with Crippen molar-refractivity contribution in [2.24, 2.45) is 4.99 Å². The zero-order valence-electron chi connectivity index (χ0n) is 17.7. The van der Waals surface area contributed by atoms with E-state index in [1.807, 2.05) is 0 Å². The molecule has 1 saturated carbocycles. The van der Waals surface area contributed by atoms with Gasteiger partial charge in [0.05, 0.1) is 5.56 Å². The predicted octanol–water partition coefficient (Wildman–Crippen LogP) is 3.24. The van der Waals surface area contributed by atoms with E-state index in [4.69, 9.17) is 0 Å². The first-order valence-electron chi connectivity index (χ1n) is 10.5. The van der Waals surface area contributed by atoms with Crippen LogP contribution in [0, 0.1) is 0 Å². The summed E-state index contributed by atoms with van der Waals surface area (Å²) in [5.41, 5.74) is -0.572. The van der Waals surface area contributed by atoms with Crippen LogP contribution in [0.5, 0.6) is 0 Å². The summed E-state index contributed by atoms with van der Waals surface area (Å²) in [6.45, 7) is 2.93. The number of nitrogens with one attached hydrogen (secondary N) is 3. The maximum atomic E-state index is 12.6. The Balaban J connectivity index is 0.00000341. The van der Waals surface area contributed by atoms with Gasteiger partial charge >= 0.3 is 6.18 Å². The van der Waals surface area contributed by atoms with Gasteiger partial charge in [0.2, 0.25) is 0 Å². The molecule has 1 aliphatic heterocycles. The maximum absolute atomic E-state index is 12.6. The Labute approximate surface area is 198 Å². The molecule has 1 saturated heterocycles. The second-order valence-corrected chi connectivity index (χ2v) is 7.89. The van der Waals surface area contributed by atoms with Crippen molar-refractivity contribution in [3.8, 4) is 0 Å². The number of carbonyl (C=O) groups excluding carboxylic acids is 1. The number of aliphatic imine (C=N–C) groups is 1. The number of guanidine groups is 1. The van der Waals surface area contributed by atoms with Crippen molar-refractivity contribution in [1.82, 2.24) is 20.9 Å². The fraction of sp³-hybridized carbons (Fsp3) is 0.619. The van der Waals surface area contributed by atoms with Gasteiger partial charge in [-0.15, -0.1) is 24.0 Å². The van der Waals surface area contributed by atoms with Gasteiger partial charge in [-0.05, 0) is 43.5 Å². The first-order chi connectivity index (χ1) is 14.4. The Morgan fingerprint density at radius 1 is 1.10 bits per heavy atom. The summed E-state index contributed by atoms with van der Waals surface area (Å²) in [5.74, 6) is 0.286. The van der Waals surface area contributed by atoms with E-state index in [1.54, 1.807) is 7.05 Å². The van der Waals surface area contributed by atoms with Crippen molar-refractivity contribution in [2.45, 2.75) is 50.4 Å². The molecule has 1 aliphatic carbocycles. The Morgan fingerprint density at radius 2 is 1.74 bits per heavy atom. The topological polar surface area (TPSA) is 68.8 Å². The minimum absolute atomic E-state index is 0. The molecule has 0 aromatic heterocycles. The summed E-state index contributed by atoms with van der Waals surface area (Å²) >= 11 is 0. The van der Waals surface area contributed by atoms with Crippen LogP contribution in [0.15, 0.2) is 29.3 Å². The first-order valence-corrected chi connectivity index (χ1v) is 10.5. The van der Waals surface area contributed by atoms with Crippen molar-refractivity contribution >= 4 is 35.8 Å². The Kier molecular flexibility index (Phi) is 9.86. The number of likely N-dealkylation sites (tertiary alicyclic amines) is 1. The lowest BCUT2D eigenvalue weighted by atomic mass is 10.1. The first kappa shape index (κ1) is 25.7. The highest BCUT2D eigenvalue weighted by Gasteiger charge is 2.31. The van der Waals surface area contributed by atoms with Gasteiger partial charge in [0.15, 0.2) is 5.96 Å². The van der Waals surface area contributed by atoms with Gasteiger partial charge < -0.3 is 16.0 Å². The maximum Gasteiger partial charge on any atom is 0.416 e. The Morgan fingerprint density at radius 3 is 2.35 bits per heavy atom. The van der Waals surface area contributed by atoms with E-state index in [2.05, 4.69) is 25.8 Å². The van der Waals surface area contributed by atoms with E-state index in [0.29, 0.717) is 25.1 Å². The molecule has 1 heterocycles. The highest BCUT2D eigenvalue weighted by Crippen LogP contribution is 2.29. The molecule has 31 heavy (non-hydrogen) atoms. The molecule has 3 rings (SSSR count). The van der Waals surface area contributed by atoms with E-state index < -0.39 is 17.6 Å². The number of nitrogens with zero attached hydrogens (tertiary/aromatic N) is 2. The van der Waals surface area contributed by atoms with Crippen LogP contribution in [0.3, 0.4) is 0 Å². The minimum Gasteiger partial charge on any atom is -0.355 e. The van der Waals surface area contributed by atoms with E-state index in [9.17, 15) is 18.0 Å². The van der Waals surface area contributed by atoms with Crippen LogP contribution in [-0.2, 0) is 6.18 Å². The van der Waals surface area contributed by atoms with Crippen LogP contribution in [0.4, 0.5) is 13.2 Å². The normalized spacial score (nSPS) is 20.4. The van der Waals surface area contributed by atoms with E-state index in [-0.39, 0.29) is 29.5 Å². The van der Waals surface area contributed by atoms with Crippen molar-refractivity contribution < 1.29 is 18.0 Å². The van der Waals surface area contributed by atoms with Crippen molar-refractivity contribution in [1.29, 1.82) is 0 Å². The second kappa shape index (κ2) is 11.9. The third-order valence-electron chi connectivity index (χ3n) is 5.80. The number of amides is 1. The summed E-state index contributed by atoms with van der Waals surface area (Å²) in [5, 5.41) is 9.31. The lowest BCUT2D eigenvalue weighted by molar-refractivity contribution is -0.137. The van der Waals surface area contributed by atoms with Gasteiger partial charge in [0.1, 0.15) is 0 Å². The number of hydrogen-bond donors (Lipinski definition) is 3. The molecule has 1 amide bonds. The summed E-state index contributed by atoms with van der Waals surface area (Å²) in [4.78, 5) is 18.9. The molecular weight excluding hydrogens is 522 g/mol. The van der Waals surface area contributed by atoms with E-state index in [1.165, 1.54) is 37.8 Å². The van der Waals surface area contributed by atoms with Gasteiger partial charge in [-0.2, -0.15) is 13.2 Å². The summed E-state index contributed by atoms with van der Waals surface area (Å²) in [7, 11) is 1.71. The molecular formula is C21H31F3IN5O. The van der Waals surface area contributed by atoms with E-state index >= 15 is 0 Å². The molecule has 3 N–H and O–H groups in total. The number of halogens is 4.